The van der Waals surface area contributed by atoms with Crippen LogP contribution in [0.3, 0.4) is 0 Å². The highest BCUT2D eigenvalue weighted by Gasteiger charge is 2.12. The van der Waals surface area contributed by atoms with Gasteiger partial charge in [-0.1, -0.05) is 6.42 Å². The Bertz CT molecular complexity index is 424. The van der Waals surface area contributed by atoms with Gasteiger partial charge in [-0.2, -0.15) is 0 Å². The summed E-state index contributed by atoms with van der Waals surface area (Å²) < 4.78 is 25.9. The Morgan fingerprint density at radius 2 is 1.94 bits per heavy atom. The molecule has 5 N–H and O–H groups in total. The van der Waals surface area contributed by atoms with E-state index in [0.717, 1.165) is 18.9 Å². The van der Waals surface area contributed by atoms with Crippen LogP contribution in [0.4, 0.5) is 20.2 Å². The number of anilines is 2. The second-order valence-corrected chi connectivity index (χ2v) is 3.97. The van der Waals surface area contributed by atoms with Crippen LogP contribution in [0.2, 0.25) is 0 Å². The third kappa shape index (κ3) is 3.96. The highest BCUT2D eigenvalue weighted by molar-refractivity contribution is 5.93. The van der Waals surface area contributed by atoms with Gasteiger partial charge < -0.3 is 16.8 Å². The monoisotopic (exact) mass is 257 g/mol. The third-order valence-corrected chi connectivity index (χ3v) is 2.51. The zero-order chi connectivity index (χ0) is 13.5. The zero-order valence-corrected chi connectivity index (χ0v) is 10.0. The van der Waals surface area contributed by atoms with Gasteiger partial charge in [0.25, 0.3) is 0 Å². The van der Waals surface area contributed by atoms with Crippen molar-refractivity contribution >= 4 is 17.3 Å². The molecule has 0 saturated heterocycles. The molecular formula is C12H17F2N3O. The number of carbonyl (C=O) groups excluding carboxylic acids is 1. The molecule has 0 aliphatic carbocycles. The normalized spacial score (nSPS) is 10.4. The first kappa shape index (κ1) is 14.4. The van der Waals surface area contributed by atoms with E-state index in [-0.39, 0.29) is 17.3 Å². The molecule has 4 nitrogen and oxygen atoms in total. The Balaban J connectivity index is 2.52. The van der Waals surface area contributed by atoms with Crippen molar-refractivity contribution in [2.45, 2.75) is 25.7 Å². The maximum absolute atomic E-state index is 13.1. The highest BCUT2D eigenvalue weighted by atomic mass is 19.2. The lowest BCUT2D eigenvalue weighted by atomic mass is 10.2. The number of nitrogens with two attached hydrogens (primary N) is 2. The number of unbranched alkanes of at least 4 members (excludes halogenated alkanes) is 2. The maximum Gasteiger partial charge on any atom is 0.224 e. The largest absolute Gasteiger partial charge is 0.395 e. The number of carbonyl (C=O) groups is 1. The minimum atomic E-state index is -1.14. The zero-order valence-electron chi connectivity index (χ0n) is 10.0. The lowest BCUT2D eigenvalue weighted by molar-refractivity contribution is -0.116. The Labute approximate surface area is 104 Å². The number of benzene rings is 1. The van der Waals surface area contributed by atoms with E-state index >= 15 is 0 Å². The minimum absolute atomic E-state index is 0.0951. The Kier molecular flexibility index (Phi) is 5.51. The molecule has 0 bridgehead atoms. The molecule has 0 unspecified atom stereocenters. The number of hydrogen-bond donors (Lipinski definition) is 3. The molecule has 100 valence electrons. The van der Waals surface area contributed by atoms with Crippen LogP contribution in [-0.2, 0) is 4.79 Å². The van der Waals surface area contributed by atoms with Gasteiger partial charge in [-0.15, -0.1) is 0 Å². The summed E-state index contributed by atoms with van der Waals surface area (Å²) in [6, 6.07) is 2.17. The Morgan fingerprint density at radius 3 is 2.61 bits per heavy atom. The second kappa shape index (κ2) is 6.90. The minimum Gasteiger partial charge on any atom is -0.395 e. The predicted molar refractivity (Wildman–Crippen MR) is 66.9 cm³/mol. The SMILES string of the molecule is NCCCCCC(=O)Nc1ccc(F)c(F)c1N. The van der Waals surface area contributed by atoms with Crippen LogP contribution in [0.1, 0.15) is 25.7 Å². The van der Waals surface area contributed by atoms with Gasteiger partial charge in [0, 0.05) is 6.42 Å². The van der Waals surface area contributed by atoms with Crippen molar-refractivity contribution in [3.63, 3.8) is 0 Å². The van der Waals surface area contributed by atoms with Crippen LogP contribution in [0, 0.1) is 11.6 Å². The second-order valence-electron chi connectivity index (χ2n) is 3.97. The number of nitrogen functional groups attached to an aromatic ring is 1. The molecule has 1 aromatic rings. The van der Waals surface area contributed by atoms with Crippen molar-refractivity contribution < 1.29 is 13.6 Å². The molecule has 0 aliphatic heterocycles. The third-order valence-electron chi connectivity index (χ3n) is 2.51. The molecule has 0 heterocycles. The molecule has 0 atom stereocenters. The summed E-state index contributed by atoms with van der Waals surface area (Å²) in [4.78, 5) is 11.5. The van der Waals surface area contributed by atoms with Crippen LogP contribution in [0.15, 0.2) is 12.1 Å². The van der Waals surface area contributed by atoms with Crippen molar-refractivity contribution in [3.05, 3.63) is 23.8 Å². The number of amides is 1. The van der Waals surface area contributed by atoms with E-state index in [2.05, 4.69) is 5.32 Å². The van der Waals surface area contributed by atoms with Crippen molar-refractivity contribution in [3.8, 4) is 0 Å². The molecular weight excluding hydrogens is 240 g/mol. The summed E-state index contributed by atoms with van der Waals surface area (Å²) in [6.07, 6.45) is 2.73. The molecule has 0 saturated carbocycles. The fraction of sp³-hybridized carbons (Fsp3) is 0.417. The van der Waals surface area contributed by atoms with E-state index in [1.54, 1.807) is 0 Å². The van der Waals surface area contributed by atoms with Crippen LogP contribution in [0.25, 0.3) is 0 Å². The quantitative estimate of drug-likeness (QED) is 0.538. The topological polar surface area (TPSA) is 81.1 Å². The fourth-order valence-corrected chi connectivity index (χ4v) is 1.49. The van der Waals surface area contributed by atoms with Gasteiger partial charge in [-0.25, -0.2) is 8.78 Å². The van der Waals surface area contributed by atoms with Gasteiger partial charge in [0.05, 0.1) is 11.4 Å². The van der Waals surface area contributed by atoms with Gasteiger partial charge in [0.2, 0.25) is 5.91 Å². The first-order chi connectivity index (χ1) is 8.56. The standard InChI is InChI=1S/C12H17F2N3O/c13-8-5-6-9(12(16)11(8)14)17-10(18)4-2-1-3-7-15/h5-6H,1-4,7,15-16H2,(H,17,18). The number of nitrogens with one attached hydrogen (secondary N) is 1. The summed E-state index contributed by atoms with van der Waals surface area (Å²) in [5.74, 6) is -2.45. The predicted octanol–water partition coefficient (Wildman–Crippen LogP) is 2.00. The molecule has 0 fully saturated rings. The number of hydrogen-bond acceptors (Lipinski definition) is 3. The van der Waals surface area contributed by atoms with Gasteiger partial charge in [-0.3, -0.25) is 4.79 Å². The van der Waals surface area contributed by atoms with Gasteiger partial charge in [0.1, 0.15) is 0 Å². The van der Waals surface area contributed by atoms with E-state index in [1.165, 1.54) is 6.07 Å². The van der Waals surface area contributed by atoms with Gasteiger partial charge in [-0.05, 0) is 31.5 Å². The number of rotatable bonds is 6. The smallest absolute Gasteiger partial charge is 0.224 e. The Morgan fingerprint density at radius 1 is 1.22 bits per heavy atom. The average Bonchev–Trinajstić information content (AvgIpc) is 2.35. The van der Waals surface area contributed by atoms with Gasteiger partial charge in [0.15, 0.2) is 11.6 Å². The molecule has 0 aromatic heterocycles. The molecule has 0 aliphatic rings. The van der Waals surface area contributed by atoms with Gasteiger partial charge >= 0.3 is 0 Å². The van der Waals surface area contributed by atoms with Crippen molar-refractivity contribution in [1.82, 2.24) is 0 Å². The van der Waals surface area contributed by atoms with E-state index in [0.29, 0.717) is 19.4 Å². The number of halogens is 2. The van der Waals surface area contributed by atoms with Crippen LogP contribution < -0.4 is 16.8 Å². The first-order valence-electron chi connectivity index (χ1n) is 5.79. The summed E-state index contributed by atoms with van der Waals surface area (Å²) in [7, 11) is 0. The summed E-state index contributed by atoms with van der Waals surface area (Å²) in [5.41, 5.74) is 10.4. The molecule has 0 radical (unpaired) electrons. The summed E-state index contributed by atoms with van der Waals surface area (Å²) in [5, 5.41) is 2.45. The maximum atomic E-state index is 13.1. The van der Waals surface area contributed by atoms with Crippen molar-refractivity contribution in [1.29, 1.82) is 0 Å². The van der Waals surface area contributed by atoms with Crippen molar-refractivity contribution in [2.24, 2.45) is 5.73 Å². The molecule has 6 heteroatoms. The molecule has 1 amide bonds. The molecule has 0 spiro atoms. The van der Waals surface area contributed by atoms with E-state index in [4.69, 9.17) is 11.5 Å². The van der Waals surface area contributed by atoms with Crippen LogP contribution in [-0.4, -0.2) is 12.5 Å². The van der Waals surface area contributed by atoms with E-state index < -0.39 is 11.6 Å². The Hall–Kier alpha value is -1.69. The summed E-state index contributed by atoms with van der Waals surface area (Å²) >= 11 is 0. The highest BCUT2D eigenvalue weighted by Crippen LogP contribution is 2.24. The first-order valence-corrected chi connectivity index (χ1v) is 5.79. The molecule has 18 heavy (non-hydrogen) atoms. The van der Waals surface area contributed by atoms with Crippen LogP contribution in [0.5, 0.6) is 0 Å². The average molecular weight is 257 g/mol. The van der Waals surface area contributed by atoms with E-state index in [9.17, 15) is 13.6 Å². The van der Waals surface area contributed by atoms with E-state index in [1.807, 2.05) is 0 Å². The summed E-state index contributed by atoms with van der Waals surface area (Å²) in [6.45, 7) is 0.595. The lowest BCUT2D eigenvalue weighted by Crippen LogP contribution is -2.13. The molecule has 1 rings (SSSR count). The fourth-order valence-electron chi connectivity index (χ4n) is 1.49. The van der Waals surface area contributed by atoms with Crippen LogP contribution >= 0.6 is 0 Å². The molecule has 1 aromatic carbocycles. The van der Waals surface area contributed by atoms with Crippen molar-refractivity contribution in [2.75, 3.05) is 17.6 Å². The lowest BCUT2D eigenvalue weighted by Gasteiger charge is -2.09.